The van der Waals surface area contributed by atoms with Gasteiger partial charge in [-0.15, -0.1) is 0 Å². The molecule has 0 aromatic carbocycles. The molecule has 0 saturated carbocycles. The van der Waals surface area contributed by atoms with Gasteiger partial charge in [0.15, 0.2) is 0 Å². The van der Waals surface area contributed by atoms with Gasteiger partial charge >= 0.3 is 0 Å². The Bertz CT molecular complexity index is 122. The molecule has 0 atom stereocenters. The van der Waals surface area contributed by atoms with Gasteiger partial charge < -0.3 is 5.32 Å². The Kier molecular flexibility index (Phi) is 1.46. The minimum Gasteiger partial charge on any atom is -0.315 e. The quantitative estimate of drug-likeness (QED) is 0.492. The van der Waals surface area contributed by atoms with E-state index in [0.717, 1.165) is 0 Å². The van der Waals surface area contributed by atoms with Crippen LogP contribution in [0.15, 0.2) is 0 Å². The molecule has 0 aromatic heterocycles. The van der Waals surface area contributed by atoms with Crippen LogP contribution in [0, 0.1) is 5.41 Å². The van der Waals surface area contributed by atoms with E-state index >= 15 is 0 Å². The van der Waals surface area contributed by atoms with Gasteiger partial charge in [0, 0.05) is 54.5 Å². The van der Waals surface area contributed by atoms with Crippen molar-refractivity contribution >= 4 is 22.9 Å². The first-order valence-electron chi connectivity index (χ1n) is 3.42. The number of rotatable bonds is 0. The number of hydrogen-bond donors (Lipinski definition) is 1. The number of halogens is 1. The third-order valence-electron chi connectivity index (χ3n) is 2.39. The molecule has 2 rings (SSSR count). The Morgan fingerprint density at radius 2 is 2.22 bits per heavy atom. The molecule has 0 amide bonds. The topological polar surface area (TPSA) is 15.3 Å². The number of nitrogens with one attached hydrogen (secondary N) is 1. The van der Waals surface area contributed by atoms with Crippen molar-refractivity contribution in [3.05, 3.63) is 0 Å². The highest BCUT2D eigenvalue weighted by Crippen LogP contribution is 2.35. The molecule has 2 saturated heterocycles. The number of hydrogen-bond acceptors (Lipinski definition) is 2. The van der Waals surface area contributed by atoms with Gasteiger partial charge in [0.2, 0.25) is 0 Å². The molecule has 1 N–H and O–H groups in total. The van der Waals surface area contributed by atoms with Crippen LogP contribution in [0.2, 0.25) is 0 Å². The van der Waals surface area contributed by atoms with Gasteiger partial charge in [-0.25, -0.2) is 3.11 Å². The summed E-state index contributed by atoms with van der Waals surface area (Å²) >= 11 is 2.42. The Hall–Kier alpha value is 0.650. The van der Waals surface area contributed by atoms with E-state index in [2.05, 4.69) is 31.3 Å². The fraction of sp³-hybridized carbons (Fsp3) is 1.00. The monoisotopic (exact) mass is 238 g/mol. The predicted octanol–water partition coefficient (Wildman–Crippen LogP) is 0.632. The standard InChI is InChI=1S/C6H11IN2/c7-9-2-1-6(5-9)3-8-4-6/h8H,1-5H2. The maximum absolute atomic E-state index is 3.33. The minimum absolute atomic E-state index is 0.696. The first-order valence-corrected chi connectivity index (χ1v) is 4.39. The predicted molar refractivity (Wildman–Crippen MR) is 45.5 cm³/mol. The van der Waals surface area contributed by atoms with Crippen molar-refractivity contribution in [2.24, 2.45) is 5.41 Å². The van der Waals surface area contributed by atoms with Crippen molar-refractivity contribution < 1.29 is 0 Å². The lowest BCUT2D eigenvalue weighted by atomic mass is 9.81. The summed E-state index contributed by atoms with van der Waals surface area (Å²) in [5, 5.41) is 3.33. The second-order valence-corrected chi connectivity index (χ2v) is 4.56. The van der Waals surface area contributed by atoms with Crippen molar-refractivity contribution in [2.45, 2.75) is 6.42 Å². The second kappa shape index (κ2) is 2.07. The fourth-order valence-corrected chi connectivity index (χ4v) is 2.61. The summed E-state index contributed by atoms with van der Waals surface area (Å²) in [4.78, 5) is 0. The average Bonchev–Trinajstić information content (AvgIpc) is 2.09. The maximum atomic E-state index is 3.33. The zero-order valence-corrected chi connectivity index (χ0v) is 7.52. The van der Waals surface area contributed by atoms with E-state index < -0.39 is 0 Å². The lowest BCUT2D eigenvalue weighted by Crippen LogP contribution is -2.54. The first kappa shape index (κ1) is 6.37. The maximum Gasteiger partial charge on any atom is 0.0201 e. The molecule has 0 unspecified atom stereocenters. The third-order valence-corrected chi connectivity index (χ3v) is 3.22. The van der Waals surface area contributed by atoms with E-state index in [4.69, 9.17) is 0 Å². The van der Waals surface area contributed by atoms with Crippen LogP contribution in [0.5, 0.6) is 0 Å². The Morgan fingerprint density at radius 1 is 1.44 bits per heavy atom. The SMILES string of the molecule is IN1CCC2(CNC2)C1. The fourth-order valence-electron chi connectivity index (χ4n) is 1.65. The second-order valence-electron chi connectivity index (χ2n) is 3.20. The zero-order chi connectivity index (χ0) is 6.32. The molecule has 1 spiro atoms. The molecule has 2 nitrogen and oxygen atoms in total. The highest BCUT2D eigenvalue weighted by Gasteiger charge is 2.42. The molecule has 0 aliphatic carbocycles. The van der Waals surface area contributed by atoms with E-state index in [9.17, 15) is 0 Å². The van der Waals surface area contributed by atoms with Crippen molar-refractivity contribution in [3.63, 3.8) is 0 Å². The van der Waals surface area contributed by atoms with Crippen LogP contribution in [-0.4, -0.2) is 29.3 Å². The summed E-state index contributed by atoms with van der Waals surface area (Å²) in [6.07, 6.45) is 1.41. The van der Waals surface area contributed by atoms with Gasteiger partial charge in [0.25, 0.3) is 0 Å². The van der Waals surface area contributed by atoms with Gasteiger partial charge in [-0.2, -0.15) is 0 Å². The van der Waals surface area contributed by atoms with Crippen LogP contribution in [0.3, 0.4) is 0 Å². The summed E-state index contributed by atoms with van der Waals surface area (Å²) in [6.45, 7) is 5.11. The molecule has 0 radical (unpaired) electrons. The van der Waals surface area contributed by atoms with Crippen molar-refractivity contribution in [3.8, 4) is 0 Å². The molecular weight excluding hydrogens is 227 g/mol. The summed E-state index contributed by atoms with van der Waals surface area (Å²) in [7, 11) is 0. The molecule has 3 heteroatoms. The Morgan fingerprint density at radius 3 is 2.44 bits per heavy atom. The first-order chi connectivity index (χ1) is 4.31. The third kappa shape index (κ3) is 0.991. The van der Waals surface area contributed by atoms with Crippen LogP contribution in [0.1, 0.15) is 6.42 Å². The Balaban J connectivity index is 1.99. The molecule has 2 aliphatic heterocycles. The van der Waals surface area contributed by atoms with Gasteiger partial charge in [-0.1, -0.05) is 0 Å². The largest absolute Gasteiger partial charge is 0.315 e. The molecule has 0 bridgehead atoms. The van der Waals surface area contributed by atoms with E-state index in [1.807, 2.05) is 0 Å². The Labute approximate surface area is 69.5 Å². The zero-order valence-electron chi connectivity index (χ0n) is 5.36. The van der Waals surface area contributed by atoms with E-state index in [0.29, 0.717) is 5.41 Å². The molecule has 2 fully saturated rings. The van der Waals surface area contributed by atoms with Crippen LogP contribution in [0.4, 0.5) is 0 Å². The van der Waals surface area contributed by atoms with Gasteiger partial charge in [-0.05, 0) is 6.42 Å². The number of nitrogens with zero attached hydrogens (tertiary/aromatic N) is 1. The summed E-state index contributed by atoms with van der Waals surface area (Å²) in [6, 6.07) is 0. The van der Waals surface area contributed by atoms with Crippen LogP contribution < -0.4 is 5.32 Å². The molecule has 9 heavy (non-hydrogen) atoms. The van der Waals surface area contributed by atoms with Crippen molar-refractivity contribution in [1.29, 1.82) is 0 Å². The summed E-state index contributed by atoms with van der Waals surface area (Å²) in [5.41, 5.74) is 0.696. The lowest BCUT2D eigenvalue weighted by molar-refractivity contribution is 0.190. The smallest absolute Gasteiger partial charge is 0.0201 e. The molecular formula is C6H11IN2. The molecule has 0 aromatic rings. The normalized spacial score (nSPS) is 33.0. The van der Waals surface area contributed by atoms with Crippen LogP contribution >= 0.6 is 22.9 Å². The summed E-state index contributed by atoms with van der Waals surface area (Å²) < 4.78 is 2.40. The van der Waals surface area contributed by atoms with Gasteiger partial charge in [0.05, 0.1) is 0 Å². The highest BCUT2D eigenvalue weighted by atomic mass is 127. The van der Waals surface area contributed by atoms with E-state index in [1.54, 1.807) is 0 Å². The van der Waals surface area contributed by atoms with E-state index in [1.165, 1.54) is 32.6 Å². The van der Waals surface area contributed by atoms with Crippen molar-refractivity contribution in [1.82, 2.24) is 8.43 Å². The van der Waals surface area contributed by atoms with Crippen LogP contribution in [0.25, 0.3) is 0 Å². The van der Waals surface area contributed by atoms with Crippen molar-refractivity contribution in [2.75, 3.05) is 26.2 Å². The molecule has 52 valence electrons. The highest BCUT2D eigenvalue weighted by molar-refractivity contribution is 14.1. The van der Waals surface area contributed by atoms with Gasteiger partial charge in [-0.3, -0.25) is 0 Å². The minimum atomic E-state index is 0.696. The van der Waals surface area contributed by atoms with E-state index in [-0.39, 0.29) is 0 Å². The van der Waals surface area contributed by atoms with Crippen LogP contribution in [-0.2, 0) is 0 Å². The molecule has 2 aliphatic rings. The molecule has 2 heterocycles. The average molecular weight is 238 g/mol. The summed E-state index contributed by atoms with van der Waals surface area (Å²) in [5.74, 6) is 0. The van der Waals surface area contributed by atoms with Gasteiger partial charge in [0.1, 0.15) is 0 Å². The lowest BCUT2D eigenvalue weighted by Gasteiger charge is -2.38.